The maximum absolute atomic E-state index is 12.3. The highest BCUT2D eigenvalue weighted by Gasteiger charge is 2.25. The van der Waals surface area contributed by atoms with E-state index < -0.39 is 12.1 Å². The van der Waals surface area contributed by atoms with Crippen LogP contribution in [0.15, 0.2) is 46.9 Å². The summed E-state index contributed by atoms with van der Waals surface area (Å²) in [4.78, 5) is 22.1. The van der Waals surface area contributed by atoms with Gasteiger partial charge in [-0.3, -0.25) is 0 Å². The fourth-order valence-electron chi connectivity index (χ4n) is 5.09. The van der Waals surface area contributed by atoms with E-state index in [2.05, 4.69) is 66.4 Å². The van der Waals surface area contributed by atoms with E-state index in [9.17, 15) is 9.90 Å². The molecule has 7 heteroatoms. The molecule has 0 fully saturated rings. The van der Waals surface area contributed by atoms with E-state index in [1.165, 1.54) is 0 Å². The second-order valence-electron chi connectivity index (χ2n) is 9.85. The number of pyridine rings is 1. The van der Waals surface area contributed by atoms with Gasteiger partial charge in [0.2, 0.25) is 6.10 Å². The number of carboxylic acids is 1. The fourth-order valence-corrected chi connectivity index (χ4v) is 5.51. The summed E-state index contributed by atoms with van der Waals surface area (Å²) >= 11 is 3.46. The topological polar surface area (TPSA) is 77.2 Å². The summed E-state index contributed by atoms with van der Waals surface area (Å²) in [7, 11) is 0. The van der Waals surface area contributed by atoms with Gasteiger partial charge < -0.3 is 14.4 Å². The highest BCUT2D eigenvalue weighted by Crippen LogP contribution is 2.34. The summed E-state index contributed by atoms with van der Waals surface area (Å²) in [5.41, 5.74) is 7.81. The number of aliphatic carboxylic acids is 1. The lowest BCUT2D eigenvalue weighted by molar-refractivity contribution is -0.145. The van der Waals surface area contributed by atoms with Crippen LogP contribution in [0.5, 0.6) is 5.75 Å². The predicted molar refractivity (Wildman–Crippen MR) is 155 cm³/mol. The summed E-state index contributed by atoms with van der Waals surface area (Å²) in [5.74, 6) is 0.698. The number of benzene rings is 2. The average molecular weight is 579 g/mol. The van der Waals surface area contributed by atoms with Crippen molar-refractivity contribution in [1.29, 1.82) is 0 Å². The third-order valence-corrected chi connectivity index (χ3v) is 7.20. The number of aromatic nitrogens is 3. The molecule has 2 aromatic carbocycles. The van der Waals surface area contributed by atoms with Gasteiger partial charge in [-0.25, -0.2) is 14.8 Å². The van der Waals surface area contributed by atoms with E-state index in [0.717, 1.165) is 81.5 Å². The normalized spacial score (nSPS) is 12.2. The zero-order valence-corrected chi connectivity index (χ0v) is 24.4. The van der Waals surface area contributed by atoms with E-state index in [0.29, 0.717) is 17.9 Å². The van der Waals surface area contributed by atoms with Crippen LogP contribution >= 0.6 is 15.9 Å². The third kappa shape index (κ3) is 5.93. The molecule has 38 heavy (non-hydrogen) atoms. The number of halogens is 1. The molecule has 0 aliphatic carbocycles. The lowest BCUT2D eigenvalue weighted by Crippen LogP contribution is -2.20. The monoisotopic (exact) mass is 577 g/mol. The van der Waals surface area contributed by atoms with Crippen LogP contribution in [-0.2, 0) is 30.6 Å². The van der Waals surface area contributed by atoms with E-state index in [-0.39, 0.29) is 0 Å². The van der Waals surface area contributed by atoms with Crippen molar-refractivity contribution in [2.75, 3.05) is 0 Å². The summed E-state index contributed by atoms with van der Waals surface area (Å²) in [6.07, 6.45) is 3.16. The minimum Gasteiger partial charge on any atom is -0.478 e. The molecule has 2 aromatic heterocycles. The first kappa shape index (κ1) is 27.8. The lowest BCUT2D eigenvalue weighted by Gasteiger charge is -2.22. The summed E-state index contributed by atoms with van der Waals surface area (Å²) < 4.78 is 9.41. The first-order valence-electron chi connectivity index (χ1n) is 13.4. The Morgan fingerprint density at radius 3 is 2.29 bits per heavy atom. The van der Waals surface area contributed by atoms with Crippen molar-refractivity contribution in [2.45, 2.75) is 79.4 Å². The molecule has 0 bridgehead atoms. The highest BCUT2D eigenvalue weighted by atomic mass is 79.9. The number of ether oxygens (including phenoxy) is 1. The Morgan fingerprint density at radius 1 is 1.03 bits per heavy atom. The molecule has 4 rings (SSSR count). The Kier molecular flexibility index (Phi) is 8.87. The Morgan fingerprint density at radius 2 is 1.71 bits per heavy atom. The second-order valence-corrected chi connectivity index (χ2v) is 10.8. The number of carbonyl (C=O) groups is 1. The number of fused-ring (bicyclic) bond motifs is 1. The Bertz CT molecular complexity index is 1430. The van der Waals surface area contributed by atoms with Crippen molar-refractivity contribution in [3.63, 3.8) is 0 Å². The summed E-state index contributed by atoms with van der Waals surface area (Å²) in [6, 6.07) is 13.7. The number of hydrogen-bond acceptors (Lipinski definition) is 4. The number of hydrogen-bond donors (Lipinski definition) is 1. The van der Waals surface area contributed by atoms with Gasteiger partial charge in [-0.2, -0.15) is 0 Å². The van der Waals surface area contributed by atoms with Crippen LogP contribution in [0.25, 0.3) is 11.2 Å². The SMILES string of the molecule is CCCc1cc(Cn2c(CC)nc3c(C)cc(C)nc32)cc(CCC)c1OC(C(=O)O)c1cccc(Br)c1. The molecule has 0 radical (unpaired) electrons. The van der Waals surface area contributed by atoms with Crippen LogP contribution in [0.3, 0.4) is 0 Å². The predicted octanol–water partition coefficient (Wildman–Crippen LogP) is 7.53. The highest BCUT2D eigenvalue weighted by molar-refractivity contribution is 9.10. The van der Waals surface area contributed by atoms with Gasteiger partial charge >= 0.3 is 5.97 Å². The number of carboxylic acid groups (broad SMARTS) is 1. The molecule has 0 spiro atoms. The molecule has 4 aromatic rings. The van der Waals surface area contributed by atoms with E-state index in [4.69, 9.17) is 14.7 Å². The van der Waals surface area contributed by atoms with Gasteiger partial charge in [-0.05, 0) is 67.1 Å². The minimum atomic E-state index is -1.09. The van der Waals surface area contributed by atoms with Crippen LogP contribution in [0, 0.1) is 13.8 Å². The van der Waals surface area contributed by atoms with Crippen molar-refractivity contribution < 1.29 is 14.6 Å². The molecule has 200 valence electrons. The minimum absolute atomic E-state index is 0.607. The van der Waals surface area contributed by atoms with E-state index in [1.54, 1.807) is 12.1 Å². The smallest absolute Gasteiger partial charge is 0.349 e. The number of aryl methyl sites for hydroxylation is 5. The summed E-state index contributed by atoms with van der Waals surface area (Å²) in [5, 5.41) is 10.1. The fraction of sp³-hybridized carbons (Fsp3) is 0.387. The number of rotatable bonds is 11. The number of nitrogens with zero attached hydrogens (tertiary/aromatic N) is 3. The van der Waals surface area contributed by atoms with Gasteiger partial charge in [0, 0.05) is 22.2 Å². The van der Waals surface area contributed by atoms with Gasteiger partial charge in [0.15, 0.2) is 5.65 Å². The zero-order chi connectivity index (χ0) is 27.4. The van der Waals surface area contributed by atoms with E-state index >= 15 is 0 Å². The average Bonchev–Trinajstić information content (AvgIpc) is 3.21. The molecule has 0 aliphatic heterocycles. The standard InChI is InChI=1S/C31H36BrN3O3/c1-6-10-22-15-21(18-35-26(8-3)34-27-19(4)14-20(5)33-30(27)35)16-23(11-7-2)28(22)38-29(31(36)37)24-12-9-13-25(32)17-24/h9,12-17,29H,6-8,10-11,18H2,1-5H3,(H,36,37). The molecule has 2 heterocycles. The van der Waals surface area contributed by atoms with Crippen molar-refractivity contribution >= 4 is 33.1 Å². The lowest BCUT2D eigenvalue weighted by atomic mass is 9.97. The van der Waals surface area contributed by atoms with Crippen LogP contribution in [-0.4, -0.2) is 25.6 Å². The van der Waals surface area contributed by atoms with Gasteiger partial charge in [0.25, 0.3) is 0 Å². The van der Waals surface area contributed by atoms with Crippen molar-refractivity contribution in [2.24, 2.45) is 0 Å². The first-order valence-corrected chi connectivity index (χ1v) is 14.2. The quantitative estimate of drug-likeness (QED) is 0.199. The molecular formula is C31H36BrN3O3. The molecule has 0 saturated heterocycles. The van der Waals surface area contributed by atoms with Crippen LogP contribution in [0.4, 0.5) is 0 Å². The molecule has 6 nitrogen and oxygen atoms in total. The largest absolute Gasteiger partial charge is 0.478 e. The van der Waals surface area contributed by atoms with Crippen molar-refractivity contribution in [3.05, 3.63) is 86.3 Å². The van der Waals surface area contributed by atoms with Gasteiger partial charge in [-0.15, -0.1) is 0 Å². The third-order valence-electron chi connectivity index (χ3n) is 6.71. The first-order chi connectivity index (χ1) is 18.2. The van der Waals surface area contributed by atoms with Crippen LogP contribution < -0.4 is 4.74 Å². The molecule has 1 unspecified atom stereocenters. The number of imidazole rings is 1. The van der Waals surface area contributed by atoms with Crippen LogP contribution in [0.2, 0.25) is 0 Å². The van der Waals surface area contributed by atoms with Crippen molar-refractivity contribution in [3.8, 4) is 5.75 Å². The molecule has 0 aliphatic rings. The van der Waals surface area contributed by atoms with Gasteiger partial charge in [0.1, 0.15) is 17.1 Å². The zero-order valence-electron chi connectivity index (χ0n) is 22.8. The molecule has 0 saturated carbocycles. The van der Waals surface area contributed by atoms with Gasteiger partial charge in [0.05, 0.1) is 6.54 Å². The maximum atomic E-state index is 12.3. The van der Waals surface area contributed by atoms with Crippen molar-refractivity contribution in [1.82, 2.24) is 14.5 Å². The Hall–Kier alpha value is -3.19. The Balaban J connectivity index is 1.81. The molecule has 1 atom stereocenters. The maximum Gasteiger partial charge on any atom is 0.349 e. The molecule has 1 N–H and O–H groups in total. The van der Waals surface area contributed by atoms with E-state index in [1.807, 2.05) is 19.1 Å². The van der Waals surface area contributed by atoms with Crippen LogP contribution in [0.1, 0.15) is 79.1 Å². The second kappa shape index (κ2) is 12.1. The molecule has 0 amide bonds. The van der Waals surface area contributed by atoms with Gasteiger partial charge in [-0.1, -0.05) is 73.8 Å². The summed E-state index contributed by atoms with van der Waals surface area (Å²) in [6.45, 7) is 11.1. The molecular weight excluding hydrogens is 542 g/mol. The Labute approximate surface area is 233 Å².